The SMILES string of the molecule is Cc1cc(-n2cnc3c(NCCC(F)(F)F)cc(Br)cc32)ccc1C(=O)O. The van der Waals surface area contributed by atoms with E-state index in [1.165, 1.54) is 6.07 Å². The third-order valence-electron chi connectivity index (χ3n) is 4.06. The lowest BCUT2D eigenvalue weighted by Gasteiger charge is -2.11. The molecule has 5 nitrogen and oxygen atoms in total. The maximum Gasteiger partial charge on any atom is 0.390 e. The number of anilines is 1. The molecule has 1 aromatic heterocycles. The van der Waals surface area contributed by atoms with Gasteiger partial charge in [-0.3, -0.25) is 4.57 Å². The van der Waals surface area contributed by atoms with E-state index in [9.17, 15) is 18.0 Å². The number of hydrogen-bond donors (Lipinski definition) is 2. The summed E-state index contributed by atoms with van der Waals surface area (Å²) in [4.78, 5) is 15.5. The highest BCUT2D eigenvalue weighted by molar-refractivity contribution is 9.10. The molecule has 2 N–H and O–H groups in total. The number of nitrogens with zero attached hydrogens (tertiary/aromatic N) is 2. The number of benzene rings is 2. The summed E-state index contributed by atoms with van der Waals surface area (Å²) in [6.07, 6.45) is -3.63. The molecular formula is C18H15BrF3N3O2. The molecule has 142 valence electrons. The number of carboxylic acid groups (broad SMARTS) is 1. The van der Waals surface area contributed by atoms with Crippen LogP contribution in [0.25, 0.3) is 16.7 Å². The molecule has 0 bridgehead atoms. The van der Waals surface area contributed by atoms with Crippen molar-refractivity contribution in [3.63, 3.8) is 0 Å². The molecule has 0 unspecified atom stereocenters. The van der Waals surface area contributed by atoms with Crippen LogP contribution < -0.4 is 5.32 Å². The summed E-state index contributed by atoms with van der Waals surface area (Å²) in [5.41, 5.74) is 3.21. The van der Waals surface area contributed by atoms with E-state index < -0.39 is 18.6 Å². The second kappa shape index (κ2) is 7.22. The number of carboxylic acids is 1. The number of rotatable bonds is 5. The van der Waals surface area contributed by atoms with E-state index in [0.29, 0.717) is 32.4 Å². The van der Waals surface area contributed by atoms with Crippen molar-refractivity contribution in [3.05, 3.63) is 52.3 Å². The summed E-state index contributed by atoms with van der Waals surface area (Å²) in [7, 11) is 0. The molecule has 1 heterocycles. The number of aromatic carboxylic acids is 1. The van der Waals surface area contributed by atoms with Crippen molar-refractivity contribution in [1.82, 2.24) is 9.55 Å². The molecule has 9 heteroatoms. The molecule has 27 heavy (non-hydrogen) atoms. The molecule has 3 rings (SSSR count). The lowest BCUT2D eigenvalue weighted by atomic mass is 10.1. The predicted octanol–water partition coefficient (Wildman–Crippen LogP) is 5.16. The Bertz CT molecular complexity index is 1010. The summed E-state index contributed by atoms with van der Waals surface area (Å²) < 4.78 is 39.6. The number of alkyl halides is 3. The third-order valence-corrected chi connectivity index (χ3v) is 4.52. The number of nitrogens with one attached hydrogen (secondary N) is 1. The van der Waals surface area contributed by atoms with Gasteiger partial charge in [0.1, 0.15) is 11.8 Å². The molecule has 0 spiro atoms. The van der Waals surface area contributed by atoms with E-state index in [1.807, 2.05) is 0 Å². The Kier molecular flexibility index (Phi) is 5.14. The molecule has 3 aromatic rings. The number of halogens is 4. The quantitative estimate of drug-likeness (QED) is 0.573. The fourth-order valence-corrected chi connectivity index (χ4v) is 3.24. The first-order valence-electron chi connectivity index (χ1n) is 7.97. The van der Waals surface area contributed by atoms with Crippen molar-refractivity contribution in [1.29, 1.82) is 0 Å². The van der Waals surface area contributed by atoms with Crippen LogP contribution in [0.2, 0.25) is 0 Å². The fraction of sp³-hybridized carbons (Fsp3) is 0.222. The van der Waals surface area contributed by atoms with Gasteiger partial charge in [0.2, 0.25) is 0 Å². The summed E-state index contributed by atoms with van der Waals surface area (Å²) in [6, 6.07) is 8.38. The topological polar surface area (TPSA) is 67.2 Å². The maximum absolute atomic E-state index is 12.4. The largest absolute Gasteiger partial charge is 0.478 e. The van der Waals surface area contributed by atoms with E-state index in [4.69, 9.17) is 5.11 Å². The Morgan fingerprint density at radius 2 is 2.04 bits per heavy atom. The number of carbonyl (C=O) groups is 1. The number of imidazole rings is 1. The van der Waals surface area contributed by atoms with Crippen LogP contribution in [0, 0.1) is 6.92 Å². The molecule has 0 aliphatic rings. The minimum Gasteiger partial charge on any atom is -0.478 e. The zero-order valence-corrected chi connectivity index (χ0v) is 15.7. The van der Waals surface area contributed by atoms with Gasteiger partial charge in [-0.25, -0.2) is 9.78 Å². The zero-order valence-electron chi connectivity index (χ0n) is 14.1. The van der Waals surface area contributed by atoms with Gasteiger partial charge in [0.05, 0.1) is 23.2 Å². The number of fused-ring (bicyclic) bond motifs is 1. The van der Waals surface area contributed by atoms with Crippen LogP contribution in [0.5, 0.6) is 0 Å². The van der Waals surface area contributed by atoms with Crippen LogP contribution in [-0.2, 0) is 0 Å². The average molecular weight is 442 g/mol. The zero-order chi connectivity index (χ0) is 19.8. The Morgan fingerprint density at radius 3 is 2.67 bits per heavy atom. The third kappa shape index (κ3) is 4.24. The van der Waals surface area contributed by atoms with Gasteiger partial charge in [0.15, 0.2) is 0 Å². The van der Waals surface area contributed by atoms with Crippen molar-refractivity contribution >= 4 is 38.6 Å². The van der Waals surface area contributed by atoms with Crippen molar-refractivity contribution in [2.45, 2.75) is 19.5 Å². The van der Waals surface area contributed by atoms with Gasteiger partial charge in [-0.2, -0.15) is 13.2 Å². The summed E-state index contributed by atoms with van der Waals surface area (Å²) >= 11 is 3.37. The smallest absolute Gasteiger partial charge is 0.390 e. The molecular weight excluding hydrogens is 427 g/mol. The first-order chi connectivity index (χ1) is 12.7. The first kappa shape index (κ1) is 19.2. The normalized spacial score (nSPS) is 11.7. The Labute approximate surface area is 161 Å². The lowest BCUT2D eigenvalue weighted by molar-refractivity contribution is -0.131. The van der Waals surface area contributed by atoms with E-state index in [0.717, 1.165) is 0 Å². The molecule has 0 aliphatic heterocycles. The van der Waals surface area contributed by atoms with Crippen LogP contribution in [0.3, 0.4) is 0 Å². The maximum atomic E-state index is 12.4. The molecule has 0 atom stereocenters. The second-order valence-electron chi connectivity index (χ2n) is 6.03. The molecule has 0 aliphatic carbocycles. The highest BCUT2D eigenvalue weighted by Crippen LogP contribution is 2.30. The van der Waals surface area contributed by atoms with E-state index in [1.54, 1.807) is 42.1 Å². The van der Waals surface area contributed by atoms with Gasteiger partial charge in [-0.05, 0) is 42.8 Å². The van der Waals surface area contributed by atoms with Crippen molar-refractivity contribution < 1.29 is 23.1 Å². The second-order valence-corrected chi connectivity index (χ2v) is 6.95. The first-order valence-corrected chi connectivity index (χ1v) is 8.76. The van der Waals surface area contributed by atoms with Crippen molar-refractivity contribution in [2.24, 2.45) is 0 Å². The summed E-state index contributed by atoms with van der Waals surface area (Å²) in [6.45, 7) is 1.44. The highest BCUT2D eigenvalue weighted by Gasteiger charge is 2.26. The Hall–Kier alpha value is -2.55. The van der Waals surface area contributed by atoms with Crippen molar-refractivity contribution in [3.8, 4) is 5.69 Å². The standard InChI is InChI=1S/C18H15BrF3N3O2/c1-10-6-12(2-3-13(10)17(26)27)25-9-24-16-14(7-11(19)8-15(16)25)23-5-4-18(20,21)22/h2-3,6-9,23H,4-5H2,1H3,(H,26,27). The summed E-state index contributed by atoms with van der Waals surface area (Å²) in [5, 5.41) is 11.9. The minimum atomic E-state index is -4.24. The Morgan fingerprint density at radius 1 is 1.30 bits per heavy atom. The molecule has 2 aromatic carbocycles. The Balaban J connectivity index is 1.99. The molecule has 0 radical (unpaired) electrons. The number of aromatic nitrogens is 2. The van der Waals surface area contributed by atoms with Gasteiger partial charge in [0.25, 0.3) is 0 Å². The fourth-order valence-electron chi connectivity index (χ4n) is 2.80. The minimum absolute atomic E-state index is 0.207. The van der Waals surface area contributed by atoms with Crippen LogP contribution >= 0.6 is 15.9 Å². The van der Waals surface area contributed by atoms with Crippen LogP contribution in [0.1, 0.15) is 22.3 Å². The van der Waals surface area contributed by atoms with Gasteiger partial charge >= 0.3 is 12.1 Å². The molecule has 0 amide bonds. The van der Waals surface area contributed by atoms with Gasteiger partial charge in [-0.15, -0.1) is 0 Å². The average Bonchev–Trinajstić information content (AvgIpc) is 2.96. The molecule has 0 fully saturated rings. The van der Waals surface area contributed by atoms with E-state index in [2.05, 4.69) is 26.2 Å². The van der Waals surface area contributed by atoms with Gasteiger partial charge in [-0.1, -0.05) is 15.9 Å². The van der Waals surface area contributed by atoms with Gasteiger partial charge in [0, 0.05) is 16.7 Å². The van der Waals surface area contributed by atoms with Crippen LogP contribution in [0.4, 0.5) is 18.9 Å². The monoisotopic (exact) mass is 441 g/mol. The highest BCUT2D eigenvalue weighted by atomic mass is 79.9. The van der Waals surface area contributed by atoms with E-state index >= 15 is 0 Å². The van der Waals surface area contributed by atoms with Gasteiger partial charge < -0.3 is 10.4 Å². The van der Waals surface area contributed by atoms with Crippen LogP contribution in [-0.4, -0.2) is 33.3 Å². The van der Waals surface area contributed by atoms with Crippen molar-refractivity contribution in [2.75, 3.05) is 11.9 Å². The van der Waals surface area contributed by atoms with Crippen LogP contribution in [0.15, 0.2) is 41.1 Å². The summed E-state index contributed by atoms with van der Waals surface area (Å²) in [5.74, 6) is -1.01. The number of aryl methyl sites for hydroxylation is 1. The molecule has 0 saturated carbocycles. The lowest BCUT2D eigenvalue weighted by Crippen LogP contribution is -2.14. The molecule has 0 saturated heterocycles. The number of hydrogen-bond acceptors (Lipinski definition) is 3. The predicted molar refractivity (Wildman–Crippen MR) is 99.6 cm³/mol. The van der Waals surface area contributed by atoms with E-state index in [-0.39, 0.29) is 12.1 Å².